The van der Waals surface area contributed by atoms with Crippen LogP contribution in [0.15, 0.2) is 47.1 Å². The Morgan fingerprint density at radius 2 is 2.17 bits per heavy atom. The lowest BCUT2D eigenvalue weighted by Crippen LogP contribution is -2.36. The normalized spacial score (nSPS) is 22.8. The third-order valence-corrected chi connectivity index (χ3v) is 4.88. The van der Waals surface area contributed by atoms with E-state index in [2.05, 4.69) is 30.9 Å². The van der Waals surface area contributed by atoms with Crippen LogP contribution < -0.4 is 0 Å². The molecule has 2 aromatic rings. The maximum absolute atomic E-state index is 9.31. The second-order valence-electron chi connectivity index (χ2n) is 6.24. The average Bonchev–Trinajstić information content (AvgIpc) is 3.06. The fourth-order valence-corrected chi connectivity index (χ4v) is 3.85. The molecule has 0 aliphatic carbocycles. The molecular formula is C20H24ClNO2. The first-order valence-corrected chi connectivity index (χ1v) is 8.95. The van der Waals surface area contributed by atoms with E-state index in [-0.39, 0.29) is 18.7 Å². The van der Waals surface area contributed by atoms with Gasteiger partial charge in [0.1, 0.15) is 5.76 Å². The standard InChI is InChI=1S/C20H24ClNO2/c1-3-10-22-14(2)20-18(9-12-24-20)17(8-5-11-23)19(22)15-6-4-7-16(21)13-15/h4,6-9,12-14,19,23H,3,5,10-11H2,1-2H3/b17-8+/t14-,19-/m0/s1. The molecule has 24 heavy (non-hydrogen) atoms. The summed E-state index contributed by atoms with van der Waals surface area (Å²) in [5, 5.41) is 10.1. The zero-order chi connectivity index (χ0) is 17.1. The number of furan rings is 1. The SMILES string of the molecule is CCCN1[C@@H](c2cccc(Cl)c2)/C(=C/CCO)c2ccoc2[C@@H]1C. The van der Waals surface area contributed by atoms with Crippen LogP contribution in [0.5, 0.6) is 0 Å². The van der Waals surface area contributed by atoms with Crippen molar-refractivity contribution in [2.45, 2.75) is 38.8 Å². The first-order chi connectivity index (χ1) is 11.7. The van der Waals surface area contributed by atoms with E-state index in [0.29, 0.717) is 6.42 Å². The second-order valence-corrected chi connectivity index (χ2v) is 6.68. The van der Waals surface area contributed by atoms with Crippen molar-refractivity contribution in [1.29, 1.82) is 0 Å². The van der Waals surface area contributed by atoms with Gasteiger partial charge in [0, 0.05) is 17.2 Å². The molecule has 3 rings (SSSR count). The third kappa shape index (κ3) is 3.16. The van der Waals surface area contributed by atoms with Crippen molar-refractivity contribution in [2.75, 3.05) is 13.2 Å². The maximum atomic E-state index is 9.31. The molecule has 0 fully saturated rings. The lowest BCUT2D eigenvalue weighted by Gasteiger charge is -2.41. The summed E-state index contributed by atoms with van der Waals surface area (Å²) in [7, 11) is 0. The van der Waals surface area contributed by atoms with Crippen LogP contribution in [-0.4, -0.2) is 23.2 Å². The molecule has 0 unspecified atom stereocenters. The van der Waals surface area contributed by atoms with Gasteiger partial charge in [0.05, 0.1) is 18.3 Å². The van der Waals surface area contributed by atoms with Crippen molar-refractivity contribution < 1.29 is 9.52 Å². The fraction of sp³-hybridized carbons (Fsp3) is 0.400. The molecule has 1 aliphatic rings. The molecule has 0 radical (unpaired) electrons. The zero-order valence-electron chi connectivity index (χ0n) is 14.2. The molecular weight excluding hydrogens is 322 g/mol. The fourth-order valence-electron chi connectivity index (χ4n) is 3.65. The van der Waals surface area contributed by atoms with Crippen LogP contribution in [0, 0.1) is 0 Å². The summed E-state index contributed by atoms with van der Waals surface area (Å²) >= 11 is 6.26. The minimum absolute atomic E-state index is 0.121. The van der Waals surface area contributed by atoms with Crippen molar-refractivity contribution in [3.05, 3.63) is 64.6 Å². The minimum atomic E-state index is 0.121. The monoisotopic (exact) mass is 345 g/mol. The van der Waals surface area contributed by atoms with Gasteiger partial charge in [-0.1, -0.05) is 36.7 Å². The summed E-state index contributed by atoms with van der Waals surface area (Å²) in [6, 6.07) is 10.4. The minimum Gasteiger partial charge on any atom is -0.467 e. The predicted octanol–water partition coefficient (Wildman–Crippen LogP) is 5.23. The number of rotatable bonds is 5. The van der Waals surface area contributed by atoms with E-state index >= 15 is 0 Å². The zero-order valence-corrected chi connectivity index (χ0v) is 15.0. The van der Waals surface area contributed by atoms with E-state index in [1.165, 1.54) is 11.1 Å². The number of hydrogen-bond acceptors (Lipinski definition) is 3. The smallest absolute Gasteiger partial charge is 0.128 e. The molecule has 128 valence electrons. The highest BCUT2D eigenvalue weighted by molar-refractivity contribution is 6.30. The first-order valence-electron chi connectivity index (χ1n) is 8.57. The van der Waals surface area contributed by atoms with Crippen LogP contribution in [-0.2, 0) is 0 Å². The Morgan fingerprint density at radius 1 is 1.33 bits per heavy atom. The van der Waals surface area contributed by atoms with Crippen molar-refractivity contribution in [1.82, 2.24) is 4.90 Å². The molecule has 3 nitrogen and oxygen atoms in total. The van der Waals surface area contributed by atoms with Gasteiger partial charge in [-0.25, -0.2) is 0 Å². The Hall–Kier alpha value is -1.55. The second kappa shape index (κ2) is 7.56. The van der Waals surface area contributed by atoms with Gasteiger partial charge in [0.2, 0.25) is 0 Å². The van der Waals surface area contributed by atoms with Crippen LogP contribution >= 0.6 is 11.6 Å². The van der Waals surface area contributed by atoms with E-state index in [9.17, 15) is 5.11 Å². The molecule has 2 atom stereocenters. The highest BCUT2D eigenvalue weighted by Crippen LogP contribution is 2.47. The highest BCUT2D eigenvalue weighted by Gasteiger charge is 2.37. The summed E-state index contributed by atoms with van der Waals surface area (Å²) in [4.78, 5) is 2.46. The first kappa shape index (κ1) is 17.3. The van der Waals surface area contributed by atoms with Gasteiger partial charge >= 0.3 is 0 Å². The summed E-state index contributed by atoms with van der Waals surface area (Å²) in [5.74, 6) is 1.01. The Labute approximate surface area is 148 Å². The molecule has 0 bridgehead atoms. The third-order valence-electron chi connectivity index (χ3n) is 4.65. The van der Waals surface area contributed by atoms with Crippen molar-refractivity contribution in [3.8, 4) is 0 Å². The van der Waals surface area contributed by atoms with E-state index < -0.39 is 0 Å². The number of halogens is 1. The molecule has 1 aromatic heterocycles. The molecule has 4 heteroatoms. The summed E-state index contributed by atoms with van der Waals surface area (Å²) in [6.07, 6.45) is 5.59. The van der Waals surface area contributed by atoms with Crippen LogP contribution in [0.1, 0.15) is 55.7 Å². The van der Waals surface area contributed by atoms with Gasteiger partial charge in [-0.15, -0.1) is 0 Å². The van der Waals surface area contributed by atoms with Crippen LogP contribution in [0.3, 0.4) is 0 Å². The Morgan fingerprint density at radius 3 is 2.88 bits per heavy atom. The summed E-state index contributed by atoms with van der Waals surface area (Å²) in [6.45, 7) is 5.49. The topological polar surface area (TPSA) is 36.6 Å². The largest absolute Gasteiger partial charge is 0.467 e. The number of fused-ring (bicyclic) bond motifs is 1. The number of benzene rings is 1. The van der Waals surface area contributed by atoms with Gasteiger partial charge in [0.15, 0.2) is 0 Å². The van der Waals surface area contributed by atoms with Gasteiger partial charge < -0.3 is 9.52 Å². The molecule has 0 saturated heterocycles. The molecule has 0 saturated carbocycles. The summed E-state index contributed by atoms with van der Waals surface area (Å²) in [5.41, 5.74) is 3.52. The molecule has 1 N–H and O–H groups in total. The van der Waals surface area contributed by atoms with Crippen molar-refractivity contribution in [3.63, 3.8) is 0 Å². The van der Waals surface area contributed by atoms with Gasteiger partial charge in [-0.2, -0.15) is 0 Å². The van der Waals surface area contributed by atoms with Crippen LogP contribution in [0.25, 0.3) is 5.57 Å². The molecule has 2 heterocycles. The molecule has 1 aromatic carbocycles. The predicted molar refractivity (Wildman–Crippen MR) is 98.0 cm³/mol. The molecule has 0 spiro atoms. The van der Waals surface area contributed by atoms with Gasteiger partial charge in [-0.05, 0) is 55.6 Å². The van der Waals surface area contributed by atoms with E-state index in [1.807, 2.05) is 24.3 Å². The van der Waals surface area contributed by atoms with Gasteiger partial charge in [0.25, 0.3) is 0 Å². The summed E-state index contributed by atoms with van der Waals surface area (Å²) < 4.78 is 5.79. The van der Waals surface area contributed by atoms with Gasteiger partial charge in [-0.3, -0.25) is 4.90 Å². The number of hydrogen-bond donors (Lipinski definition) is 1. The maximum Gasteiger partial charge on any atom is 0.128 e. The highest BCUT2D eigenvalue weighted by atomic mass is 35.5. The lowest BCUT2D eigenvalue weighted by atomic mass is 9.84. The van der Waals surface area contributed by atoms with E-state index in [1.54, 1.807) is 6.26 Å². The lowest BCUT2D eigenvalue weighted by molar-refractivity contribution is 0.149. The van der Waals surface area contributed by atoms with Crippen molar-refractivity contribution in [2.24, 2.45) is 0 Å². The van der Waals surface area contributed by atoms with E-state index in [4.69, 9.17) is 16.0 Å². The van der Waals surface area contributed by atoms with Crippen LogP contribution in [0.2, 0.25) is 5.02 Å². The van der Waals surface area contributed by atoms with E-state index in [0.717, 1.165) is 29.3 Å². The molecule has 1 aliphatic heterocycles. The Bertz CT molecular complexity index is 722. The van der Waals surface area contributed by atoms with Crippen molar-refractivity contribution >= 4 is 17.2 Å². The number of nitrogens with zero attached hydrogens (tertiary/aromatic N) is 1. The van der Waals surface area contributed by atoms with Crippen LogP contribution in [0.4, 0.5) is 0 Å². The molecule has 0 amide bonds. The Balaban J connectivity index is 2.15. The number of aliphatic hydroxyl groups excluding tert-OH is 1. The average molecular weight is 346 g/mol. The Kier molecular flexibility index (Phi) is 5.44. The quantitative estimate of drug-likeness (QED) is 0.806. The number of aliphatic hydroxyl groups is 1.